The molecule has 0 unspecified atom stereocenters. The summed E-state index contributed by atoms with van der Waals surface area (Å²) in [5, 5.41) is 2.84. The molecule has 3 amide bonds. The average molecular weight is 444 g/mol. The number of anilines is 2. The molecule has 0 saturated carbocycles. The number of carbonyl (C=O) groups excluding carboxylic acids is 3. The number of rotatable bonds is 5. The summed E-state index contributed by atoms with van der Waals surface area (Å²) in [5.41, 5.74) is 2.68. The van der Waals surface area contributed by atoms with E-state index in [0.29, 0.717) is 47.1 Å². The van der Waals surface area contributed by atoms with Crippen molar-refractivity contribution in [1.82, 2.24) is 0 Å². The van der Waals surface area contributed by atoms with E-state index in [0.717, 1.165) is 16.2 Å². The van der Waals surface area contributed by atoms with Gasteiger partial charge < -0.3 is 19.5 Å². The Labute approximate surface area is 189 Å². The van der Waals surface area contributed by atoms with Gasteiger partial charge in [0.15, 0.2) is 11.5 Å². The maximum absolute atomic E-state index is 13.1. The molecule has 2 aliphatic heterocycles. The molecule has 0 atom stereocenters. The zero-order valence-electron chi connectivity index (χ0n) is 18.0. The van der Waals surface area contributed by atoms with Gasteiger partial charge in [-0.25, -0.2) is 4.90 Å². The third-order valence-corrected chi connectivity index (χ3v) is 5.70. The molecule has 0 aromatic heterocycles. The molecule has 5 rings (SSSR count). The number of nitrogens with zero attached hydrogens (tertiary/aromatic N) is 1. The number of benzene rings is 3. The van der Waals surface area contributed by atoms with Crippen molar-refractivity contribution in [2.45, 2.75) is 12.8 Å². The van der Waals surface area contributed by atoms with Gasteiger partial charge in [0.05, 0.1) is 31.0 Å². The Morgan fingerprint density at radius 2 is 1.48 bits per heavy atom. The molecule has 0 saturated heterocycles. The van der Waals surface area contributed by atoms with Crippen LogP contribution in [-0.2, 0) is 11.2 Å². The first-order chi connectivity index (χ1) is 16.0. The summed E-state index contributed by atoms with van der Waals surface area (Å²) in [4.78, 5) is 38.9. The van der Waals surface area contributed by atoms with E-state index in [-0.39, 0.29) is 11.5 Å². The minimum atomic E-state index is -0.453. The summed E-state index contributed by atoms with van der Waals surface area (Å²) < 4.78 is 16.5. The Bertz CT molecular complexity index is 1320. The van der Waals surface area contributed by atoms with Crippen molar-refractivity contribution in [1.29, 1.82) is 0 Å². The molecule has 2 heterocycles. The summed E-state index contributed by atoms with van der Waals surface area (Å²) in [7, 11) is 3.00. The zero-order chi connectivity index (χ0) is 23.1. The van der Waals surface area contributed by atoms with Crippen LogP contribution in [0.2, 0.25) is 0 Å². The van der Waals surface area contributed by atoms with E-state index >= 15 is 0 Å². The Kier molecular flexibility index (Phi) is 4.97. The molecule has 0 bridgehead atoms. The van der Waals surface area contributed by atoms with Gasteiger partial charge in [0, 0.05) is 24.2 Å². The van der Waals surface area contributed by atoms with Gasteiger partial charge in [-0.2, -0.15) is 0 Å². The van der Waals surface area contributed by atoms with Crippen LogP contribution in [0.15, 0.2) is 54.6 Å². The lowest BCUT2D eigenvalue weighted by Crippen LogP contribution is -2.29. The van der Waals surface area contributed by atoms with Crippen molar-refractivity contribution in [2.75, 3.05) is 24.4 Å². The quantitative estimate of drug-likeness (QED) is 0.594. The highest BCUT2D eigenvalue weighted by atomic mass is 16.5. The van der Waals surface area contributed by atoms with Gasteiger partial charge >= 0.3 is 0 Å². The number of amides is 3. The fourth-order valence-corrected chi connectivity index (χ4v) is 4.03. The van der Waals surface area contributed by atoms with Gasteiger partial charge in [-0.15, -0.1) is 0 Å². The van der Waals surface area contributed by atoms with Gasteiger partial charge in [-0.1, -0.05) is 6.07 Å². The van der Waals surface area contributed by atoms with Crippen LogP contribution in [0, 0.1) is 0 Å². The van der Waals surface area contributed by atoms with Crippen molar-refractivity contribution >= 4 is 29.1 Å². The lowest BCUT2D eigenvalue weighted by molar-refractivity contribution is -0.116. The Balaban J connectivity index is 1.43. The van der Waals surface area contributed by atoms with Crippen LogP contribution in [0.25, 0.3) is 0 Å². The smallest absolute Gasteiger partial charge is 0.266 e. The van der Waals surface area contributed by atoms with Crippen LogP contribution in [-0.4, -0.2) is 31.9 Å². The highest BCUT2D eigenvalue weighted by Crippen LogP contribution is 2.37. The lowest BCUT2D eigenvalue weighted by atomic mass is 10.0. The largest absolute Gasteiger partial charge is 0.493 e. The number of imide groups is 1. The fourth-order valence-electron chi connectivity index (χ4n) is 4.03. The third-order valence-electron chi connectivity index (χ3n) is 5.70. The maximum atomic E-state index is 13.1. The molecule has 2 aliphatic rings. The number of hydrogen-bond donors (Lipinski definition) is 1. The van der Waals surface area contributed by atoms with E-state index in [2.05, 4.69) is 5.32 Å². The van der Waals surface area contributed by atoms with Crippen LogP contribution >= 0.6 is 0 Å². The average Bonchev–Trinajstić information content (AvgIpc) is 3.07. The summed E-state index contributed by atoms with van der Waals surface area (Å²) in [6.07, 6.45) is 1.15. The molecule has 1 N–H and O–H groups in total. The van der Waals surface area contributed by atoms with Crippen LogP contribution in [0.3, 0.4) is 0 Å². The number of hydrogen-bond acceptors (Lipinski definition) is 6. The third kappa shape index (κ3) is 3.55. The topological polar surface area (TPSA) is 94.2 Å². The van der Waals surface area contributed by atoms with Crippen molar-refractivity contribution in [3.63, 3.8) is 0 Å². The predicted molar refractivity (Wildman–Crippen MR) is 121 cm³/mol. The second kappa shape index (κ2) is 7.98. The van der Waals surface area contributed by atoms with Gasteiger partial charge in [0.2, 0.25) is 5.91 Å². The zero-order valence-corrected chi connectivity index (χ0v) is 18.0. The SMILES string of the molecule is COc1ccc(N2C(=O)c3ccc(Oc4ccc5c(c4)NC(=O)CC5)cc3C2=O)cc1OC. The number of ether oxygens (including phenoxy) is 3. The normalized spacial score (nSPS) is 14.5. The van der Waals surface area contributed by atoms with Crippen LogP contribution in [0.5, 0.6) is 23.0 Å². The van der Waals surface area contributed by atoms with Crippen molar-refractivity contribution in [2.24, 2.45) is 0 Å². The summed E-state index contributed by atoms with van der Waals surface area (Å²) in [6, 6.07) is 15.1. The van der Waals surface area contributed by atoms with Gasteiger partial charge in [0.1, 0.15) is 11.5 Å². The second-order valence-corrected chi connectivity index (χ2v) is 7.66. The first-order valence-corrected chi connectivity index (χ1v) is 10.3. The monoisotopic (exact) mass is 444 g/mol. The van der Waals surface area contributed by atoms with E-state index in [1.54, 1.807) is 42.5 Å². The van der Waals surface area contributed by atoms with Crippen molar-refractivity contribution < 1.29 is 28.6 Å². The molecule has 3 aromatic rings. The van der Waals surface area contributed by atoms with E-state index in [4.69, 9.17) is 14.2 Å². The standard InChI is InChI=1S/C25H20N2O6/c1-31-21-9-5-15(11-22(21)32-2)27-24(29)18-8-7-16(12-19(18)25(27)30)33-17-6-3-14-4-10-23(28)26-20(14)13-17/h3,5-9,11-13H,4,10H2,1-2H3,(H,26,28). The number of methoxy groups -OCH3 is 2. The lowest BCUT2D eigenvalue weighted by Gasteiger charge is -2.17. The number of aryl methyl sites for hydroxylation is 1. The van der Waals surface area contributed by atoms with Crippen molar-refractivity contribution in [3.05, 3.63) is 71.3 Å². The summed E-state index contributed by atoms with van der Waals surface area (Å²) >= 11 is 0. The first-order valence-electron chi connectivity index (χ1n) is 10.3. The van der Waals surface area contributed by atoms with E-state index in [1.807, 2.05) is 12.1 Å². The van der Waals surface area contributed by atoms with Crippen molar-refractivity contribution in [3.8, 4) is 23.0 Å². The van der Waals surface area contributed by atoms with E-state index in [9.17, 15) is 14.4 Å². The molecule has 8 nitrogen and oxygen atoms in total. The van der Waals surface area contributed by atoms with E-state index < -0.39 is 11.8 Å². The molecule has 33 heavy (non-hydrogen) atoms. The molecule has 166 valence electrons. The number of nitrogens with one attached hydrogen (secondary N) is 1. The first kappa shape index (κ1) is 20.6. The number of carbonyl (C=O) groups is 3. The molecule has 0 radical (unpaired) electrons. The van der Waals surface area contributed by atoms with Crippen LogP contribution in [0.1, 0.15) is 32.7 Å². The Hall–Kier alpha value is -4.33. The molecule has 0 aliphatic carbocycles. The summed E-state index contributed by atoms with van der Waals surface area (Å²) in [5.74, 6) is 0.924. The van der Waals surface area contributed by atoms with E-state index in [1.165, 1.54) is 14.2 Å². The molecule has 8 heteroatoms. The van der Waals surface area contributed by atoms with Crippen LogP contribution < -0.4 is 24.4 Å². The second-order valence-electron chi connectivity index (χ2n) is 7.66. The van der Waals surface area contributed by atoms with Gasteiger partial charge in [-0.3, -0.25) is 14.4 Å². The predicted octanol–water partition coefficient (Wildman–Crippen LogP) is 4.18. The molecule has 0 spiro atoms. The van der Waals surface area contributed by atoms with Gasteiger partial charge in [0.25, 0.3) is 11.8 Å². The summed E-state index contributed by atoms with van der Waals surface area (Å²) in [6.45, 7) is 0. The minimum absolute atomic E-state index is 0.0310. The number of fused-ring (bicyclic) bond motifs is 2. The highest BCUT2D eigenvalue weighted by molar-refractivity contribution is 6.34. The Morgan fingerprint density at radius 3 is 2.27 bits per heavy atom. The Morgan fingerprint density at radius 1 is 0.758 bits per heavy atom. The minimum Gasteiger partial charge on any atom is -0.493 e. The highest BCUT2D eigenvalue weighted by Gasteiger charge is 2.37. The molecule has 3 aromatic carbocycles. The molecular formula is C25H20N2O6. The molecular weight excluding hydrogens is 424 g/mol. The fraction of sp³-hybridized carbons (Fsp3) is 0.160. The molecule has 0 fully saturated rings. The van der Waals surface area contributed by atoms with Gasteiger partial charge in [-0.05, 0) is 48.4 Å². The maximum Gasteiger partial charge on any atom is 0.266 e. The van der Waals surface area contributed by atoms with Crippen LogP contribution in [0.4, 0.5) is 11.4 Å².